The summed E-state index contributed by atoms with van der Waals surface area (Å²) in [7, 11) is 0. The molecular weight excluding hydrogens is 212 g/mol. The molecule has 0 saturated heterocycles. The van der Waals surface area contributed by atoms with Crippen LogP contribution >= 0.6 is 0 Å². The third-order valence-electron chi connectivity index (χ3n) is 3.03. The highest BCUT2D eigenvalue weighted by Crippen LogP contribution is 2.28. The van der Waals surface area contributed by atoms with Gasteiger partial charge < -0.3 is 5.11 Å². The van der Waals surface area contributed by atoms with Crippen LogP contribution in [0.1, 0.15) is 57.6 Å². The Kier molecular flexibility index (Phi) is 4.33. The van der Waals surface area contributed by atoms with Gasteiger partial charge in [-0.15, -0.1) is 0 Å². The maximum Gasteiger partial charge on any atom is 0.310 e. The first-order valence-electron chi connectivity index (χ1n) is 6.19. The molecule has 0 radical (unpaired) electrons. The summed E-state index contributed by atoms with van der Waals surface area (Å²) in [5.74, 6) is -1.10. The van der Waals surface area contributed by atoms with Crippen molar-refractivity contribution in [1.82, 2.24) is 0 Å². The van der Waals surface area contributed by atoms with Crippen molar-refractivity contribution in [3.05, 3.63) is 35.4 Å². The van der Waals surface area contributed by atoms with E-state index in [-0.39, 0.29) is 11.3 Å². The SMILES string of the molecule is CCCC(C(=O)O)c1cccc(C(C)(C)C)c1. The van der Waals surface area contributed by atoms with E-state index < -0.39 is 5.97 Å². The van der Waals surface area contributed by atoms with Crippen molar-refractivity contribution < 1.29 is 9.90 Å². The summed E-state index contributed by atoms with van der Waals surface area (Å²) in [4.78, 5) is 11.3. The van der Waals surface area contributed by atoms with Crippen LogP contribution in [0.15, 0.2) is 24.3 Å². The van der Waals surface area contributed by atoms with Crippen LogP contribution in [-0.2, 0) is 10.2 Å². The van der Waals surface area contributed by atoms with Gasteiger partial charge in [-0.3, -0.25) is 4.79 Å². The molecule has 0 fully saturated rings. The van der Waals surface area contributed by atoms with Crippen molar-refractivity contribution in [1.29, 1.82) is 0 Å². The predicted molar refractivity (Wildman–Crippen MR) is 70.4 cm³/mol. The summed E-state index contributed by atoms with van der Waals surface area (Å²) in [6.07, 6.45) is 1.58. The van der Waals surface area contributed by atoms with Gasteiger partial charge in [-0.25, -0.2) is 0 Å². The van der Waals surface area contributed by atoms with Gasteiger partial charge in [0.1, 0.15) is 0 Å². The number of benzene rings is 1. The van der Waals surface area contributed by atoms with Gasteiger partial charge in [-0.05, 0) is 23.0 Å². The van der Waals surface area contributed by atoms with Gasteiger partial charge in [0.15, 0.2) is 0 Å². The van der Waals surface area contributed by atoms with Crippen molar-refractivity contribution in [3.63, 3.8) is 0 Å². The van der Waals surface area contributed by atoms with Crippen LogP contribution in [0.5, 0.6) is 0 Å². The zero-order valence-electron chi connectivity index (χ0n) is 11.2. The average Bonchev–Trinajstić information content (AvgIpc) is 2.24. The van der Waals surface area contributed by atoms with Crippen molar-refractivity contribution in [2.75, 3.05) is 0 Å². The molecule has 0 amide bonds. The Balaban J connectivity index is 3.08. The molecule has 0 aliphatic carbocycles. The Morgan fingerprint density at radius 1 is 1.35 bits per heavy atom. The number of carbonyl (C=O) groups is 1. The highest BCUT2D eigenvalue weighted by molar-refractivity contribution is 5.76. The fraction of sp³-hybridized carbons (Fsp3) is 0.533. The number of hydrogen-bond acceptors (Lipinski definition) is 1. The highest BCUT2D eigenvalue weighted by atomic mass is 16.4. The summed E-state index contributed by atoms with van der Waals surface area (Å²) in [5.41, 5.74) is 2.18. The molecule has 0 aliphatic rings. The minimum Gasteiger partial charge on any atom is -0.481 e. The molecule has 1 aromatic rings. The topological polar surface area (TPSA) is 37.3 Å². The first-order chi connectivity index (χ1) is 7.86. The van der Waals surface area contributed by atoms with Crippen molar-refractivity contribution >= 4 is 5.97 Å². The summed E-state index contributed by atoms with van der Waals surface area (Å²) in [6.45, 7) is 8.44. The maximum absolute atomic E-state index is 11.3. The molecule has 2 heteroatoms. The van der Waals surface area contributed by atoms with E-state index in [4.69, 9.17) is 0 Å². The lowest BCUT2D eigenvalue weighted by molar-refractivity contribution is -0.139. The van der Waals surface area contributed by atoms with E-state index in [0.717, 1.165) is 12.0 Å². The van der Waals surface area contributed by atoms with Crippen molar-refractivity contribution in [2.24, 2.45) is 0 Å². The van der Waals surface area contributed by atoms with Gasteiger partial charge in [0.05, 0.1) is 5.92 Å². The van der Waals surface area contributed by atoms with Gasteiger partial charge in [-0.2, -0.15) is 0 Å². The van der Waals surface area contributed by atoms with Crippen LogP contribution in [0.3, 0.4) is 0 Å². The number of carboxylic acid groups (broad SMARTS) is 1. The Labute approximate surface area is 104 Å². The first kappa shape index (κ1) is 13.8. The minimum absolute atomic E-state index is 0.0608. The first-order valence-corrected chi connectivity index (χ1v) is 6.19. The number of hydrogen-bond donors (Lipinski definition) is 1. The molecular formula is C15H22O2. The van der Waals surface area contributed by atoms with Crippen LogP contribution in [0.4, 0.5) is 0 Å². The van der Waals surface area contributed by atoms with E-state index in [1.807, 2.05) is 25.1 Å². The molecule has 0 bridgehead atoms. The summed E-state index contributed by atoms with van der Waals surface area (Å²) in [6, 6.07) is 7.98. The Bertz CT molecular complexity index is 388. The van der Waals surface area contributed by atoms with Crippen LogP contribution in [0, 0.1) is 0 Å². The largest absolute Gasteiger partial charge is 0.481 e. The second-order valence-electron chi connectivity index (χ2n) is 5.55. The lowest BCUT2D eigenvalue weighted by Gasteiger charge is -2.21. The minimum atomic E-state index is -0.724. The molecule has 1 aromatic carbocycles. The Hall–Kier alpha value is -1.31. The van der Waals surface area contributed by atoms with Crippen LogP contribution in [0.25, 0.3) is 0 Å². The van der Waals surface area contributed by atoms with E-state index >= 15 is 0 Å². The molecule has 0 saturated carbocycles. The lowest BCUT2D eigenvalue weighted by Crippen LogP contribution is -2.15. The van der Waals surface area contributed by atoms with Crippen molar-refractivity contribution in [3.8, 4) is 0 Å². The fourth-order valence-electron chi connectivity index (χ4n) is 1.94. The van der Waals surface area contributed by atoms with E-state index in [9.17, 15) is 9.90 Å². The zero-order chi connectivity index (χ0) is 13.1. The summed E-state index contributed by atoms with van der Waals surface area (Å²) < 4.78 is 0. The van der Waals surface area contributed by atoms with Gasteiger partial charge in [0, 0.05) is 0 Å². The predicted octanol–water partition coefficient (Wildman–Crippen LogP) is 3.95. The normalized spacial score (nSPS) is 13.4. The van der Waals surface area contributed by atoms with Crippen LogP contribution in [-0.4, -0.2) is 11.1 Å². The molecule has 1 N–H and O–H groups in total. The van der Waals surface area contributed by atoms with Gasteiger partial charge in [0.2, 0.25) is 0 Å². The molecule has 1 atom stereocenters. The molecule has 0 aromatic heterocycles. The Morgan fingerprint density at radius 3 is 2.47 bits per heavy atom. The number of rotatable bonds is 4. The van der Waals surface area contributed by atoms with E-state index in [1.165, 1.54) is 5.56 Å². The highest BCUT2D eigenvalue weighted by Gasteiger charge is 2.21. The molecule has 0 heterocycles. The average molecular weight is 234 g/mol. The van der Waals surface area contributed by atoms with Crippen molar-refractivity contribution in [2.45, 2.75) is 51.9 Å². The molecule has 17 heavy (non-hydrogen) atoms. The quantitative estimate of drug-likeness (QED) is 0.856. The molecule has 0 spiro atoms. The number of aliphatic carboxylic acids is 1. The maximum atomic E-state index is 11.3. The van der Waals surface area contributed by atoms with Gasteiger partial charge in [0.25, 0.3) is 0 Å². The third kappa shape index (κ3) is 3.58. The van der Waals surface area contributed by atoms with Crippen LogP contribution in [0.2, 0.25) is 0 Å². The second-order valence-corrected chi connectivity index (χ2v) is 5.55. The smallest absolute Gasteiger partial charge is 0.310 e. The monoisotopic (exact) mass is 234 g/mol. The van der Waals surface area contributed by atoms with E-state index in [1.54, 1.807) is 0 Å². The van der Waals surface area contributed by atoms with Gasteiger partial charge >= 0.3 is 5.97 Å². The third-order valence-corrected chi connectivity index (χ3v) is 3.03. The lowest BCUT2D eigenvalue weighted by atomic mass is 9.84. The molecule has 1 rings (SSSR count). The summed E-state index contributed by atoms with van der Waals surface area (Å²) >= 11 is 0. The second kappa shape index (κ2) is 5.35. The standard InChI is InChI=1S/C15H22O2/c1-5-7-13(14(16)17)11-8-6-9-12(10-11)15(2,3)4/h6,8-10,13H,5,7H2,1-4H3,(H,16,17). The number of carboxylic acids is 1. The zero-order valence-corrected chi connectivity index (χ0v) is 11.2. The molecule has 0 aliphatic heterocycles. The molecule has 94 valence electrons. The van der Waals surface area contributed by atoms with E-state index in [0.29, 0.717) is 6.42 Å². The van der Waals surface area contributed by atoms with E-state index in [2.05, 4.69) is 26.8 Å². The van der Waals surface area contributed by atoms with Crippen LogP contribution < -0.4 is 0 Å². The molecule has 1 unspecified atom stereocenters. The fourth-order valence-corrected chi connectivity index (χ4v) is 1.94. The molecule has 2 nitrogen and oxygen atoms in total. The van der Waals surface area contributed by atoms with Gasteiger partial charge in [-0.1, -0.05) is 58.4 Å². The Morgan fingerprint density at radius 2 is 2.00 bits per heavy atom. The summed E-state index contributed by atoms with van der Waals surface area (Å²) in [5, 5.41) is 9.25.